The van der Waals surface area contributed by atoms with E-state index in [1.54, 1.807) is 30.3 Å². The third kappa shape index (κ3) is 5.52. The molecule has 0 bridgehead atoms. The number of rotatable bonds is 4. The number of hydrazine groups is 1. The molecule has 0 aliphatic heterocycles. The zero-order valence-corrected chi connectivity index (χ0v) is 15.1. The lowest BCUT2D eigenvalue weighted by atomic mass is 10.3. The molecule has 2 rings (SSSR count). The number of para-hydroxylation sites is 1. The number of hydrogen-bond acceptors (Lipinski definition) is 5. The van der Waals surface area contributed by atoms with Gasteiger partial charge in [0, 0.05) is 0 Å². The Hall–Kier alpha value is -2.10. The van der Waals surface area contributed by atoms with Gasteiger partial charge in [0.05, 0.1) is 5.02 Å². The summed E-state index contributed by atoms with van der Waals surface area (Å²) in [5.41, 5.74) is 4.66. The van der Waals surface area contributed by atoms with Crippen LogP contribution in [-0.2, 0) is 4.79 Å². The van der Waals surface area contributed by atoms with Gasteiger partial charge < -0.3 is 9.15 Å². The monoisotopic (exact) mass is 431 g/mol. The zero-order chi connectivity index (χ0) is 17.5. The Bertz CT molecular complexity index is 768. The minimum Gasteiger partial charge on any atom is -0.482 e. The van der Waals surface area contributed by atoms with Crippen LogP contribution in [0.5, 0.6) is 5.75 Å². The average Bonchev–Trinajstić information content (AvgIpc) is 2.99. The molecule has 2 amide bonds. The lowest BCUT2D eigenvalue weighted by Gasteiger charge is -2.11. The molecular weight excluding hydrogens is 422 g/mol. The van der Waals surface area contributed by atoms with Gasteiger partial charge in [-0.25, -0.2) is 0 Å². The maximum Gasteiger partial charge on any atom is 0.293 e. The Morgan fingerprint density at radius 1 is 1.21 bits per heavy atom. The quantitative estimate of drug-likeness (QED) is 0.508. The van der Waals surface area contributed by atoms with Crippen molar-refractivity contribution in [2.45, 2.75) is 0 Å². The standard InChI is InChI=1S/C14H11BrClN3O4S/c15-11-6-5-10(23-11)13(21)17-14(24)19-18-12(20)7-22-9-4-2-1-3-8(9)16/h1-6H,7H2,(H,18,20)(H2,17,19,21,24). The van der Waals surface area contributed by atoms with Gasteiger partial charge >= 0.3 is 0 Å². The lowest BCUT2D eigenvalue weighted by Crippen LogP contribution is -2.49. The summed E-state index contributed by atoms with van der Waals surface area (Å²) in [6, 6.07) is 9.79. The molecule has 0 aliphatic carbocycles. The Labute approximate surface area is 155 Å². The third-order valence-electron chi connectivity index (χ3n) is 2.53. The molecule has 0 atom stereocenters. The fourth-order valence-electron chi connectivity index (χ4n) is 1.50. The van der Waals surface area contributed by atoms with Gasteiger partial charge in [-0.15, -0.1) is 0 Å². The van der Waals surface area contributed by atoms with Crippen molar-refractivity contribution in [3.05, 3.63) is 51.9 Å². The molecule has 0 radical (unpaired) electrons. The fraction of sp³-hybridized carbons (Fsp3) is 0.0714. The minimum absolute atomic E-state index is 0.0689. The fourth-order valence-corrected chi connectivity index (χ4v) is 2.14. The topological polar surface area (TPSA) is 92.6 Å². The van der Waals surface area contributed by atoms with Crippen LogP contribution in [0.25, 0.3) is 0 Å². The Morgan fingerprint density at radius 2 is 1.96 bits per heavy atom. The van der Waals surface area contributed by atoms with Crippen LogP contribution < -0.4 is 20.9 Å². The summed E-state index contributed by atoms with van der Waals surface area (Å²) >= 11 is 13.9. The lowest BCUT2D eigenvalue weighted by molar-refractivity contribution is -0.123. The summed E-state index contributed by atoms with van der Waals surface area (Å²) in [6.45, 7) is -0.279. The van der Waals surface area contributed by atoms with E-state index in [0.717, 1.165) is 0 Å². The predicted octanol–water partition coefficient (Wildman–Crippen LogP) is 2.41. The van der Waals surface area contributed by atoms with Crippen LogP contribution in [0, 0.1) is 0 Å². The van der Waals surface area contributed by atoms with E-state index in [4.69, 9.17) is 33.0 Å². The van der Waals surface area contributed by atoms with Crippen molar-refractivity contribution in [3.63, 3.8) is 0 Å². The molecule has 0 saturated carbocycles. The molecular formula is C14H11BrClN3O4S. The molecule has 7 nitrogen and oxygen atoms in total. The van der Waals surface area contributed by atoms with Crippen LogP contribution in [0.4, 0.5) is 0 Å². The van der Waals surface area contributed by atoms with E-state index in [2.05, 4.69) is 32.1 Å². The van der Waals surface area contributed by atoms with E-state index < -0.39 is 11.8 Å². The molecule has 24 heavy (non-hydrogen) atoms. The Morgan fingerprint density at radius 3 is 2.62 bits per heavy atom. The molecule has 0 unspecified atom stereocenters. The molecule has 3 N–H and O–H groups in total. The van der Waals surface area contributed by atoms with E-state index in [1.165, 1.54) is 6.07 Å². The summed E-state index contributed by atoms with van der Waals surface area (Å²) in [5.74, 6) is -0.611. The molecule has 1 aromatic carbocycles. The van der Waals surface area contributed by atoms with E-state index in [9.17, 15) is 9.59 Å². The molecule has 0 saturated heterocycles. The van der Waals surface area contributed by atoms with Gasteiger partial charge in [-0.05, 0) is 52.4 Å². The molecule has 0 fully saturated rings. The predicted molar refractivity (Wildman–Crippen MR) is 94.7 cm³/mol. The van der Waals surface area contributed by atoms with Crippen LogP contribution >= 0.6 is 39.7 Å². The molecule has 0 spiro atoms. The van der Waals surface area contributed by atoms with Crippen LogP contribution in [0.15, 0.2) is 45.5 Å². The van der Waals surface area contributed by atoms with Crippen molar-refractivity contribution in [1.82, 2.24) is 16.2 Å². The molecule has 126 valence electrons. The summed E-state index contributed by atoms with van der Waals surface area (Å²) in [6.07, 6.45) is 0. The highest BCUT2D eigenvalue weighted by molar-refractivity contribution is 9.10. The van der Waals surface area contributed by atoms with E-state index in [0.29, 0.717) is 15.4 Å². The zero-order valence-electron chi connectivity index (χ0n) is 12.0. The van der Waals surface area contributed by atoms with Gasteiger partial charge in [0.1, 0.15) is 5.75 Å². The average molecular weight is 433 g/mol. The number of ether oxygens (including phenoxy) is 1. The van der Waals surface area contributed by atoms with Crippen molar-refractivity contribution >= 4 is 56.7 Å². The number of amides is 2. The number of carbonyl (C=O) groups is 2. The first-order chi connectivity index (χ1) is 11.5. The van der Waals surface area contributed by atoms with Gasteiger partial charge in [-0.1, -0.05) is 23.7 Å². The highest BCUT2D eigenvalue weighted by atomic mass is 79.9. The maximum absolute atomic E-state index is 11.8. The van der Waals surface area contributed by atoms with E-state index in [-0.39, 0.29) is 17.5 Å². The minimum atomic E-state index is -0.556. The molecule has 1 aromatic heterocycles. The number of thiocarbonyl (C=S) groups is 1. The highest BCUT2D eigenvalue weighted by Crippen LogP contribution is 2.22. The summed E-state index contributed by atoms with van der Waals surface area (Å²) in [5, 5.41) is 2.63. The van der Waals surface area contributed by atoms with Crippen LogP contribution in [-0.4, -0.2) is 23.5 Å². The Kier molecular flexibility index (Phi) is 6.59. The van der Waals surface area contributed by atoms with E-state index >= 15 is 0 Å². The smallest absolute Gasteiger partial charge is 0.293 e. The van der Waals surface area contributed by atoms with Crippen LogP contribution in [0.2, 0.25) is 5.02 Å². The first-order valence-corrected chi connectivity index (χ1v) is 8.06. The molecule has 10 heteroatoms. The first-order valence-electron chi connectivity index (χ1n) is 6.48. The number of nitrogens with one attached hydrogen (secondary N) is 3. The molecule has 0 aliphatic rings. The maximum atomic E-state index is 11.8. The largest absolute Gasteiger partial charge is 0.482 e. The van der Waals surface area contributed by atoms with Gasteiger partial charge in [-0.3, -0.25) is 25.8 Å². The van der Waals surface area contributed by atoms with Gasteiger partial charge in [0.15, 0.2) is 22.1 Å². The van der Waals surface area contributed by atoms with E-state index in [1.807, 2.05) is 0 Å². The molecule has 2 aromatic rings. The number of benzene rings is 1. The van der Waals surface area contributed by atoms with Gasteiger partial charge in [-0.2, -0.15) is 0 Å². The summed E-state index contributed by atoms with van der Waals surface area (Å²) in [7, 11) is 0. The number of hydrogen-bond donors (Lipinski definition) is 3. The second kappa shape index (κ2) is 8.67. The molecule has 1 heterocycles. The second-order valence-corrected chi connectivity index (χ2v) is 5.88. The van der Waals surface area contributed by atoms with Crippen molar-refractivity contribution in [2.75, 3.05) is 6.61 Å². The van der Waals surface area contributed by atoms with Crippen molar-refractivity contribution in [1.29, 1.82) is 0 Å². The summed E-state index contributed by atoms with van der Waals surface area (Å²) < 4.78 is 10.7. The summed E-state index contributed by atoms with van der Waals surface area (Å²) in [4.78, 5) is 23.4. The number of furan rings is 1. The first kappa shape index (κ1) is 18.2. The van der Waals surface area contributed by atoms with Crippen molar-refractivity contribution in [3.8, 4) is 5.75 Å². The third-order valence-corrected chi connectivity index (χ3v) is 3.48. The normalized spacial score (nSPS) is 9.92. The van der Waals surface area contributed by atoms with Gasteiger partial charge in [0.2, 0.25) is 0 Å². The van der Waals surface area contributed by atoms with Gasteiger partial charge in [0.25, 0.3) is 11.8 Å². The van der Waals surface area contributed by atoms with Crippen LogP contribution in [0.3, 0.4) is 0 Å². The number of halogens is 2. The SMILES string of the molecule is O=C(COc1ccccc1Cl)NNC(=S)NC(=O)c1ccc(Br)o1. The van der Waals surface area contributed by atoms with Crippen LogP contribution in [0.1, 0.15) is 10.6 Å². The number of carbonyl (C=O) groups excluding carboxylic acids is 2. The Balaban J connectivity index is 1.72. The van der Waals surface area contributed by atoms with Crippen molar-refractivity contribution in [2.24, 2.45) is 0 Å². The second-order valence-electron chi connectivity index (χ2n) is 4.28. The highest BCUT2D eigenvalue weighted by Gasteiger charge is 2.12. The van der Waals surface area contributed by atoms with Crippen molar-refractivity contribution < 1.29 is 18.7 Å².